The van der Waals surface area contributed by atoms with Crippen LogP contribution in [0.4, 0.5) is 20.2 Å². The first kappa shape index (κ1) is 19.0. The number of carbonyl (C=O) groups is 2. The summed E-state index contributed by atoms with van der Waals surface area (Å²) >= 11 is 0. The minimum atomic E-state index is -0.670. The van der Waals surface area contributed by atoms with Crippen molar-refractivity contribution >= 4 is 23.2 Å². The fourth-order valence-corrected chi connectivity index (χ4v) is 3.25. The zero-order chi connectivity index (χ0) is 19.2. The van der Waals surface area contributed by atoms with Crippen LogP contribution in [0.5, 0.6) is 0 Å². The molecule has 1 fully saturated rings. The van der Waals surface area contributed by atoms with Crippen molar-refractivity contribution in [1.82, 2.24) is 0 Å². The summed E-state index contributed by atoms with van der Waals surface area (Å²) in [6.07, 6.45) is 1.35. The maximum absolute atomic E-state index is 13.6. The zero-order valence-electron chi connectivity index (χ0n) is 14.8. The van der Waals surface area contributed by atoms with Gasteiger partial charge in [-0.3, -0.25) is 9.59 Å². The van der Waals surface area contributed by atoms with Gasteiger partial charge in [0.1, 0.15) is 11.6 Å². The van der Waals surface area contributed by atoms with Crippen molar-refractivity contribution in [1.29, 1.82) is 0 Å². The third-order valence-corrected chi connectivity index (χ3v) is 4.72. The number of carbonyl (C=O) groups excluding carboxylic acids is 2. The van der Waals surface area contributed by atoms with Gasteiger partial charge in [-0.05, 0) is 24.3 Å². The number of halogens is 2. The Bertz CT molecular complexity index is 806. The normalized spacial score (nSPS) is 19.3. The molecule has 142 valence electrons. The van der Waals surface area contributed by atoms with Crippen LogP contribution in [0.25, 0.3) is 0 Å². The van der Waals surface area contributed by atoms with Crippen LogP contribution in [-0.4, -0.2) is 31.4 Å². The predicted molar refractivity (Wildman–Crippen MR) is 98.3 cm³/mol. The van der Waals surface area contributed by atoms with Crippen LogP contribution >= 0.6 is 0 Å². The number of likely N-dealkylation sites (tertiary alicyclic amines) is 1. The van der Waals surface area contributed by atoms with Gasteiger partial charge in [-0.1, -0.05) is 18.2 Å². The van der Waals surface area contributed by atoms with E-state index in [-0.39, 0.29) is 30.0 Å². The molecule has 0 saturated carbocycles. The van der Waals surface area contributed by atoms with Gasteiger partial charge >= 0.3 is 0 Å². The van der Waals surface area contributed by atoms with E-state index in [1.807, 2.05) is 30.3 Å². The number of anilines is 2. The van der Waals surface area contributed by atoms with E-state index in [0.717, 1.165) is 28.8 Å². The first-order valence-corrected chi connectivity index (χ1v) is 8.95. The van der Waals surface area contributed by atoms with Crippen molar-refractivity contribution in [3.05, 3.63) is 60.2 Å². The van der Waals surface area contributed by atoms with E-state index in [1.54, 1.807) is 0 Å². The number of rotatable bonds is 5. The topological polar surface area (TPSA) is 62.6 Å². The number of quaternary nitrogens is 1. The third kappa shape index (κ3) is 5.34. The lowest BCUT2D eigenvalue weighted by Crippen LogP contribution is -3.14. The molecule has 0 spiro atoms. The Morgan fingerprint density at radius 2 is 1.70 bits per heavy atom. The van der Waals surface area contributed by atoms with Crippen molar-refractivity contribution in [2.75, 3.05) is 30.3 Å². The van der Waals surface area contributed by atoms with E-state index < -0.39 is 11.6 Å². The summed E-state index contributed by atoms with van der Waals surface area (Å²) in [6, 6.07) is 12.2. The molecular formula is C20H22F2N3O2+. The number of nitrogens with one attached hydrogen (secondary N) is 3. The van der Waals surface area contributed by atoms with E-state index in [0.29, 0.717) is 25.9 Å². The van der Waals surface area contributed by atoms with Crippen LogP contribution in [0.15, 0.2) is 48.5 Å². The van der Waals surface area contributed by atoms with Gasteiger partial charge in [-0.15, -0.1) is 0 Å². The molecule has 1 saturated heterocycles. The summed E-state index contributed by atoms with van der Waals surface area (Å²) < 4.78 is 26.8. The van der Waals surface area contributed by atoms with E-state index in [2.05, 4.69) is 10.6 Å². The largest absolute Gasteiger partial charge is 0.327 e. The first-order chi connectivity index (χ1) is 13.0. The highest BCUT2D eigenvalue weighted by Crippen LogP contribution is 2.16. The quantitative estimate of drug-likeness (QED) is 0.748. The maximum atomic E-state index is 13.6. The number of benzene rings is 2. The summed E-state index contributed by atoms with van der Waals surface area (Å²) in [7, 11) is 0. The molecule has 1 aliphatic heterocycles. The number of para-hydroxylation sites is 1. The Morgan fingerprint density at radius 3 is 2.41 bits per heavy atom. The Balaban J connectivity index is 1.45. The van der Waals surface area contributed by atoms with Crippen LogP contribution in [0.2, 0.25) is 0 Å². The molecule has 0 aromatic heterocycles. The Hall–Kier alpha value is -2.80. The van der Waals surface area contributed by atoms with Crippen LogP contribution < -0.4 is 15.5 Å². The monoisotopic (exact) mass is 374 g/mol. The maximum Gasteiger partial charge on any atom is 0.279 e. The average molecular weight is 374 g/mol. The second-order valence-corrected chi connectivity index (χ2v) is 6.73. The molecule has 3 rings (SSSR count). The van der Waals surface area contributed by atoms with Gasteiger partial charge < -0.3 is 15.5 Å². The number of hydrogen-bond donors (Lipinski definition) is 3. The van der Waals surface area contributed by atoms with E-state index in [9.17, 15) is 18.4 Å². The molecule has 7 heteroatoms. The molecule has 0 radical (unpaired) electrons. The molecule has 1 aliphatic rings. The molecule has 0 bridgehead atoms. The van der Waals surface area contributed by atoms with Crippen molar-refractivity contribution in [3.63, 3.8) is 0 Å². The summed E-state index contributed by atoms with van der Waals surface area (Å²) in [5.41, 5.74) is 0.616. The van der Waals surface area contributed by atoms with Crippen molar-refractivity contribution < 1.29 is 23.3 Å². The van der Waals surface area contributed by atoms with Gasteiger partial charge in [0.2, 0.25) is 5.91 Å². The molecule has 1 heterocycles. The van der Waals surface area contributed by atoms with Gasteiger partial charge in [0.15, 0.2) is 6.54 Å². The second kappa shape index (κ2) is 8.73. The van der Waals surface area contributed by atoms with E-state index >= 15 is 0 Å². The molecule has 27 heavy (non-hydrogen) atoms. The minimum Gasteiger partial charge on any atom is -0.327 e. The molecular weight excluding hydrogens is 352 g/mol. The van der Waals surface area contributed by atoms with Crippen molar-refractivity contribution in [2.45, 2.75) is 12.8 Å². The fraction of sp³-hybridized carbons (Fsp3) is 0.300. The second-order valence-electron chi connectivity index (χ2n) is 6.73. The van der Waals surface area contributed by atoms with Gasteiger partial charge in [-0.2, -0.15) is 0 Å². The van der Waals surface area contributed by atoms with Crippen molar-refractivity contribution in [2.24, 2.45) is 5.92 Å². The van der Waals surface area contributed by atoms with Crippen LogP contribution in [0, 0.1) is 17.6 Å². The lowest BCUT2D eigenvalue weighted by atomic mass is 9.96. The molecule has 0 aliphatic carbocycles. The number of amides is 2. The van der Waals surface area contributed by atoms with Crippen LogP contribution in [0.3, 0.4) is 0 Å². The van der Waals surface area contributed by atoms with Gasteiger partial charge in [-0.25, -0.2) is 8.78 Å². The highest BCUT2D eigenvalue weighted by molar-refractivity contribution is 5.93. The molecule has 2 amide bonds. The van der Waals surface area contributed by atoms with E-state index in [1.165, 1.54) is 0 Å². The lowest BCUT2D eigenvalue weighted by molar-refractivity contribution is -0.897. The van der Waals surface area contributed by atoms with Gasteiger partial charge in [0.25, 0.3) is 5.91 Å². The molecule has 2 aromatic rings. The highest BCUT2D eigenvalue weighted by Gasteiger charge is 2.28. The van der Waals surface area contributed by atoms with Crippen molar-refractivity contribution in [3.8, 4) is 0 Å². The number of piperidine rings is 1. The Morgan fingerprint density at radius 1 is 1.00 bits per heavy atom. The fourth-order valence-electron chi connectivity index (χ4n) is 3.25. The van der Waals surface area contributed by atoms with Gasteiger partial charge in [0, 0.05) is 30.5 Å². The molecule has 0 unspecified atom stereocenters. The summed E-state index contributed by atoms with van der Waals surface area (Å²) in [4.78, 5) is 25.5. The SMILES string of the molecule is O=C(C[NH+]1CCC(C(=O)Nc2ccccc2)CC1)Nc1cc(F)ccc1F. The predicted octanol–water partition coefficient (Wildman–Crippen LogP) is 1.84. The summed E-state index contributed by atoms with van der Waals surface area (Å²) in [5, 5.41) is 5.32. The Labute approximate surface area is 156 Å². The minimum absolute atomic E-state index is 0.00784. The summed E-state index contributed by atoms with van der Waals surface area (Å²) in [6.45, 7) is 1.50. The first-order valence-electron chi connectivity index (χ1n) is 8.95. The Kier molecular flexibility index (Phi) is 6.13. The molecule has 5 nitrogen and oxygen atoms in total. The number of hydrogen-bond acceptors (Lipinski definition) is 2. The lowest BCUT2D eigenvalue weighted by Gasteiger charge is -2.28. The van der Waals surface area contributed by atoms with Crippen LogP contribution in [-0.2, 0) is 9.59 Å². The standard InChI is InChI=1S/C20H21F2N3O2/c21-15-6-7-17(22)18(12-15)24-19(26)13-25-10-8-14(9-11-25)20(27)23-16-4-2-1-3-5-16/h1-7,12,14H,8-11,13H2,(H,23,27)(H,24,26)/p+1. The van der Waals surface area contributed by atoms with E-state index in [4.69, 9.17) is 0 Å². The third-order valence-electron chi connectivity index (χ3n) is 4.72. The summed E-state index contributed by atoms with van der Waals surface area (Å²) in [5.74, 6) is -1.74. The highest BCUT2D eigenvalue weighted by atomic mass is 19.1. The van der Waals surface area contributed by atoms with Crippen LogP contribution in [0.1, 0.15) is 12.8 Å². The van der Waals surface area contributed by atoms with Gasteiger partial charge in [0.05, 0.1) is 18.8 Å². The molecule has 2 aromatic carbocycles. The molecule has 3 N–H and O–H groups in total. The smallest absolute Gasteiger partial charge is 0.279 e. The average Bonchev–Trinajstić information content (AvgIpc) is 2.66. The molecule has 0 atom stereocenters. The zero-order valence-corrected chi connectivity index (χ0v) is 14.8.